The summed E-state index contributed by atoms with van der Waals surface area (Å²) in [6.45, 7) is 0.393. The van der Waals surface area contributed by atoms with Gasteiger partial charge in [-0.15, -0.1) is 0 Å². The number of sulfonamides is 1. The van der Waals surface area contributed by atoms with Crippen LogP contribution in [-0.2, 0) is 16.4 Å². The molecule has 0 saturated carbocycles. The zero-order valence-corrected chi connectivity index (χ0v) is 20.5. The number of fused-ring (bicyclic) bond motifs is 1. The summed E-state index contributed by atoms with van der Waals surface area (Å²) < 4.78 is 28.2. The smallest absolute Gasteiger partial charge is 0.319 e. The molecule has 0 radical (unpaired) electrons. The van der Waals surface area contributed by atoms with E-state index < -0.39 is 10.0 Å². The predicted molar refractivity (Wildman–Crippen MR) is 143 cm³/mol. The molecule has 0 atom stereocenters. The molecule has 2 amide bonds. The number of nitrogens with one attached hydrogen (secondary N) is 2. The molecule has 1 aliphatic rings. The summed E-state index contributed by atoms with van der Waals surface area (Å²) in [7, 11) is -3.71. The Bertz CT molecular complexity index is 1400. The van der Waals surface area contributed by atoms with E-state index in [0.29, 0.717) is 17.9 Å². The minimum atomic E-state index is -3.71. The van der Waals surface area contributed by atoms with Gasteiger partial charge in [0.2, 0.25) is 0 Å². The molecule has 36 heavy (non-hydrogen) atoms. The lowest BCUT2D eigenvalue weighted by Crippen LogP contribution is -2.36. The highest BCUT2D eigenvalue weighted by atomic mass is 32.2. The van der Waals surface area contributed by atoms with Gasteiger partial charge in [-0.05, 0) is 53.8 Å². The molecule has 7 heteroatoms. The Labute approximate surface area is 211 Å². The van der Waals surface area contributed by atoms with Gasteiger partial charge in [-0.25, -0.2) is 13.2 Å². The fraction of sp³-hybridized carbons (Fsp3) is 0.138. The molecule has 4 aromatic carbocycles. The van der Waals surface area contributed by atoms with Gasteiger partial charge in [-0.3, -0.25) is 4.31 Å². The number of benzene rings is 4. The lowest BCUT2D eigenvalue weighted by Gasteiger charge is -2.31. The first-order valence-electron chi connectivity index (χ1n) is 11.9. The van der Waals surface area contributed by atoms with Gasteiger partial charge in [0.05, 0.1) is 16.6 Å². The zero-order valence-electron chi connectivity index (χ0n) is 19.7. The van der Waals surface area contributed by atoms with E-state index in [1.54, 1.807) is 36.4 Å². The highest BCUT2D eigenvalue weighted by Crippen LogP contribution is 2.34. The van der Waals surface area contributed by atoms with Crippen LogP contribution in [0.4, 0.5) is 16.2 Å². The largest absolute Gasteiger partial charge is 0.327 e. The van der Waals surface area contributed by atoms with Crippen molar-refractivity contribution in [3.63, 3.8) is 0 Å². The number of amides is 2. The summed E-state index contributed by atoms with van der Waals surface area (Å²) in [6.07, 6.45) is 1.52. The summed E-state index contributed by atoms with van der Waals surface area (Å²) in [5.41, 5.74) is 4.00. The molecule has 0 bridgehead atoms. The molecule has 0 aromatic heterocycles. The highest BCUT2D eigenvalue weighted by molar-refractivity contribution is 7.92. The Morgan fingerprint density at radius 1 is 0.778 bits per heavy atom. The van der Waals surface area contributed by atoms with Crippen LogP contribution in [0.15, 0.2) is 114 Å². The summed E-state index contributed by atoms with van der Waals surface area (Å²) in [4.78, 5) is 13.3. The maximum atomic E-state index is 13.4. The number of carbonyl (C=O) groups is 1. The molecule has 182 valence electrons. The van der Waals surface area contributed by atoms with Gasteiger partial charge in [0.1, 0.15) is 0 Å². The second kappa shape index (κ2) is 10.3. The Hall–Kier alpha value is -4.10. The van der Waals surface area contributed by atoms with Crippen LogP contribution >= 0.6 is 0 Å². The Kier molecular flexibility index (Phi) is 6.73. The molecular weight excluding hydrogens is 470 g/mol. The highest BCUT2D eigenvalue weighted by Gasteiger charge is 2.29. The van der Waals surface area contributed by atoms with Gasteiger partial charge in [0.25, 0.3) is 10.0 Å². The van der Waals surface area contributed by atoms with Crippen molar-refractivity contribution in [3.05, 3.63) is 126 Å². The number of carbonyl (C=O) groups excluding carboxylic acids is 1. The van der Waals surface area contributed by atoms with Crippen LogP contribution in [0, 0.1) is 0 Å². The normalized spacial score (nSPS) is 13.2. The van der Waals surface area contributed by atoms with Crippen LogP contribution in [0.5, 0.6) is 0 Å². The number of anilines is 2. The fourth-order valence-corrected chi connectivity index (χ4v) is 6.09. The van der Waals surface area contributed by atoms with Gasteiger partial charge >= 0.3 is 6.03 Å². The molecule has 2 N–H and O–H groups in total. The molecule has 6 nitrogen and oxygen atoms in total. The molecule has 4 aromatic rings. The minimum Gasteiger partial charge on any atom is -0.327 e. The fourth-order valence-electron chi connectivity index (χ4n) is 4.54. The molecule has 0 saturated heterocycles. The van der Waals surface area contributed by atoms with Crippen molar-refractivity contribution in [3.8, 4) is 0 Å². The van der Waals surface area contributed by atoms with Crippen molar-refractivity contribution in [2.45, 2.75) is 23.8 Å². The number of nitrogens with zero attached hydrogens (tertiary/aromatic N) is 1. The average molecular weight is 498 g/mol. The Morgan fingerprint density at radius 2 is 1.36 bits per heavy atom. The van der Waals surface area contributed by atoms with Gasteiger partial charge in [-0.2, -0.15) is 0 Å². The van der Waals surface area contributed by atoms with E-state index in [2.05, 4.69) is 10.6 Å². The van der Waals surface area contributed by atoms with Crippen LogP contribution < -0.4 is 14.9 Å². The second-order valence-electron chi connectivity index (χ2n) is 8.69. The van der Waals surface area contributed by atoms with Crippen molar-refractivity contribution < 1.29 is 13.2 Å². The first-order valence-corrected chi connectivity index (χ1v) is 13.3. The van der Waals surface area contributed by atoms with Crippen molar-refractivity contribution in [2.75, 3.05) is 16.2 Å². The van der Waals surface area contributed by atoms with Crippen LogP contribution in [0.25, 0.3) is 0 Å². The Balaban J connectivity index is 1.40. The third kappa shape index (κ3) is 4.97. The van der Waals surface area contributed by atoms with E-state index in [-0.39, 0.29) is 17.0 Å². The van der Waals surface area contributed by atoms with Gasteiger partial charge in [0, 0.05) is 12.2 Å². The maximum Gasteiger partial charge on any atom is 0.319 e. The zero-order chi connectivity index (χ0) is 25.0. The van der Waals surface area contributed by atoms with Gasteiger partial charge in [-0.1, -0.05) is 84.9 Å². The minimum absolute atomic E-state index is 0.252. The summed E-state index contributed by atoms with van der Waals surface area (Å²) in [5, 5.41) is 5.97. The second-order valence-corrected chi connectivity index (χ2v) is 10.6. The topological polar surface area (TPSA) is 78.5 Å². The SMILES string of the molecule is O=C(Nc1ccc2c(c1)N(S(=O)(=O)c1ccccc1)CCC2)NC(c1ccccc1)c1ccccc1. The predicted octanol–water partition coefficient (Wildman–Crippen LogP) is 5.74. The summed E-state index contributed by atoms with van der Waals surface area (Å²) in [6, 6.07) is 32.7. The quantitative estimate of drug-likeness (QED) is 0.357. The molecular formula is C29H27N3O3S. The molecule has 0 aliphatic carbocycles. The Morgan fingerprint density at radius 3 is 1.97 bits per heavy atom. The van der Waals surface area contributed by atoms with E-state index in [9.17, 15) is 13.2 Å². The van der Waals surface area contributed by atoms with Crippen LogP contribution in [0.3, 0.4) is 0 Å². The molecule has 0 spiro atoms. The average Bonchev–Trinajstić information content (AvgIpc) is 2.93. The number of urea groups is 1. The number of hydrogen-bond acceptors (Lipinski definition) is 3. The third-order valence-corrected chi connectivity index (χ3v) is 8.12. The van der Waals surface area contributed by atoms with Gasteiger partial charge in [0.15, 0.2) is 0 Å². The molecule has 5 rings (SSSR count). The first kappa shape index (κ1) is 23.6. The monoisotopic (exact) mass is 497 g/mol. The third-order valence-electron chi connectivity index (χ3n) is 6.29. The number of aryl methyl sites for hydroxylation is 1. The molecule has 0 unspecified atom stereocenters. The number of rotatable bonds is 6. The van der Waals surface area contributed by atoms with E-state index in [4.69, 9.17) is 0 Å². The van der Waals surface area contributed by atoms with Crippen molar-refractivity contribution in [1.82, 2.24) is 5.32 Å². The van der Waals surface area contributed by atoms with E-state index in [0.717, 1.165) is 29.5 Å². The summed E-state index contributed by atoms with van der Waals surface area (Å²) >= 11 is 0. The molecule has 1 heterocycles. The van der Waals surface area contributed by atoms with Crippen LogP contribution in [-0.4, -0.2) is 21.0 Å². The van der Waals surface area contributed by atoms with E-state index in [1.807, 2.05) is 72.8 Å². The van der Waals surface area contributed by atoms with Crippen molar-refractivity contribution in [2.24, 2.45) is 0 Å². The molecule has 1 aliphatic heterocycles. The van der Waals surface area contributed by atoms with Crippen molar-refractivity contribution >= 4 is 27.4 Å². The lowest BCUT2D eigenvalue weighted by atomic mass is 9.99. The van der Waals surface area contributed by atoms with Crippen LogP contribution in [0.2, 0.25) is 0 Å². The number of hydrogen-bond donors (Lipinski definition) is 2. The maximum absolute atomic E-state index is 13.4. The van der Waals surface area contributed by atoms with E-state index >= 15 is 0 Å². The van der Waals surface area contributed by atoms with Crippen LogP contribution in [0.1, 0.15) is 29.2 Å². The van der Waals surface area contributed by atoms with Gasteiger partial charge < -0.3 is 10.6 Å². The first-order chi connectivity index (χ1) is 17.5. The van der Waals surface area contributed by atoms with Crippen molar-refractivity contribution in [1.29, 1.82) is 0 Å². The molecule has 0 fully saturated rings. The standard InChI is InChI=1S/C29H27N3O3S/c33-29(31-28(23-11-4-1-5-12-23)24-13-6-2-7-14-24)30-25-19-18-22-15-10-20-32(27(22)21-25)36(34,35)26-16-8-3-9-17-26/h1-9,11-14,16-19,21,28H,10,15,20H2,(H2,30,31,33). The lowest BCUT2D eigenvalue weighted by molar-refractivity contribution is 0.250. The van der Waals surface area contributed by atoms with E-state index in [1.165, 1.54) is 4.31 Å². The summed E-state index contributed by atoms with van der Waals surface area (Å²) in [5.74, 6) is 0.